The summed E-state index contributed by atoms with van der Waals surface area (Å²) in [5, 5.41) is 5.74. The number of halogens is 1. The fraction of sp³-hybridized carbons (Fsp3) is 0.632. The molecule has 124 valence electrons. The molecule has 4 aliphatic carbocycles. The predicted molar refractivity (Wildman–Crippen MR) is 88.6 cm³/mol. The molecule has 1 aromatic rings. The summed E-state index contributed by atoms with van der Waals surface area (Å²) in [6.45, 7) is 0.735. The number of hydrogen-bond acceptors (Lipinski definition) is 1. The van der Waals surface area contributed by atoms with Gasteiger partial charge in [-0.3, -0.25) is 0 Å². The summed E-state index contributed by atoms with van der Waals surface area (Å²) in [6, 6.07) is 5.67. The second-order valence-electron chi connectivity index (χ2n) is 8.06. The molecule has 5 rings (SSSR count). The average molecular weight is 316 g/mol. The van der Waals surface area contributed by atoms with Crippen LogP contribution in [-0.4, -0.2) is 12.6 Å². The zero-order chi connectivity index (χ0) is 15.9. The van der Waals surface area contributed by atoms with E-state index in [0.717, 1.165) is 30.7 Å². The summed E-state index contributed by atoms with van der Waals surface area (Å²) < 4.78 is 12.9. The van der Waals surface area contributed by atoms with Crippen LogP contribution in [0.3, 0.4) is 0 Å². The fourth-order valence-electron chi connectivity index (χ4n) is 5.75. The Morgan fingerprint density at radius 3 is 2.17 bits per heavy atom. The lowest BCUT2D eigenvalue weighted by molar-refractivity contribution is -0.0563. The first kappa shape index (κ1) is 15.0. The molecule has 2 amide bonds. The number of hydrogen-bond donors (Lipinski definition) is 2. The minimum atomic E-state index is -0.294. The Hall–Kier alpha value is -1.58. The molecule has 0 saturated heterocycles. The van der Waals surface area contributed by atoms with Gasteiger partial charge in [0, 0.05) is 12.2 Å². The van der Waals surface area contributed by atoms with E-state index in [0.29, 0.717) is 11.1 Å². The first-order valence-electron chi connectivity index (χ1n) is 8.91. The molecule has 4 fully saturated rings. The maximum absolute atomic E-state index is 12.9. The lowest BCUT2D eigenvalue weighted by Gasteiger charge is -2.57. The largest absolute Gasteiger partial charge is 0.338 e. The lowest BCUT2D eigenvalue weighted by Crippen LogP contribution is -2.47. The van der Waals surface area contributed by atoms with Crippen LogP contribution in [0.4, 0.5) is 14.9 Å². The van der Waals surface area contributed by atoms with Gasteiger partial charge in [-0.25, -0.2) is 9.18 Å². The van der Waals surface area contributed by atoms with Crippen molar-refractivity contribution in [3.05, 3.63) is 30.1 Å². The summed E-state index contributed by atoms with van der Waals surface area (Å²) in [4.78, 5) is 12.0. The number of urea groups is 1. The number of nitrogens with one attached hydrogen (secondary N) is 2. The molecule has 0 radical (unpaired) electrons. The van der Waals surface area contributed by atoms with Crippen molar-refractivity contribution in [2.45, 2.75) is 44.9 Å². The Balaban J connectivity index is 1.27. The minimum Gasteiger partial charge on any atom is -0.338 e. The van der Waals surface area contributed by atoms with Crippen molar-refractivity contribution < 1.29 is 9.18 Å². The Morgan fingerprint density at radius 1 is 1.04 bits per heavy atom. The van der Waals surface area contributed by atoms with Gasteiger partial charge in [0.2, 0.25) is 0 Å². The predicted octanol–water partition coefficient (Wildman–Crippen LogP) is 4.55. The third-order valence-corrected chi connectivity index (χ3v) is 6.21. The van der Waals surface area contributed by atoms with Crippen molar-refractivity contribution in [3.8, 4) is 0 Å². The van der Waals surface area contributed by atoms with Crippen LogP contribution in [0.15, 0.2) is 24.3 Å². The Morgan fingerprint density at radius 2 is 1.61 bits per heavy atom. The summed E-state index contributed by atoms with van der Waals surface area (Å²) in [5.41, 5.74) is 1.12. The number of benzene rings is 1. The molecule has 0 aromatic heterocycles. The van der Waals surface area contributed by atoms with Crippen LogP contribution >= 0.6 is 0 Å². The van der Waals surface area contributed by atoms with Crippen LogP contribution in [-0.2, 0) is 0 Å². The quantitative estimate of drug-likeness (QED) is 0.840. The van der Waals surface area contributed by atoms with Gasteiger partial charge in [0.05, 0.1) is 0 Å². The topological polar surface area (TPSA) is 41.1 Å². The molecule has 0 heterocycles. The molecule has 23 heavy (non-hydrogen) atoms. The highest BCUT2D eigenvalue weighted by molar-refractivity contribution is 5.89. The first-order chi connectivity index (χ1) is 11.1. The molecule has 2 N–H and O–H groups in total. The van der Waals surface area contributed by atoms with E-state index in [9.17, 15) is 9.18 Å². The van der Waals surface area contributed by atoms with Crippen LogP contribution in [0.2, 0.25) is 0 Å². The zero-order valence-electron chi connectivity index (χ0n) is 13.5. The normalized spacial score (nSPS) is 34.4. The van der Waals surface area contributed by atoms with Gasteiger partial charge in [-0.15, -0.1) is 0 Å². The summed E-state index contributed by atoms with van der Waals surface area (Å²) >= 11 is 0. The molecule has 4 aliphatic rings. The van der Waals surface area contributed by atoms with Crippen LogP contribution in [0.5, 0.6) is 0 Å². The smallest absolute Gasteiger partial charge is 0.319 e. The van der Waals surface area contributed by atoms with Gasteiger partial charge in [0.25, 0.3) is 0 Å². The van der Waals surface area contributed by atoms with Crippen molar-refractivity contribution in [2.75, 3.05) is 11.9 Å². The van der Waals surface area contributed by atoms with Gasteiger partial charge in [0.15, 0.2) is 0 Å². The molecule has 0 unspecified atom stereocenters. The molecule has 3 nitrogen and oxygen atoms in total. The monoisotopic (exact) mass is 316 g/mol. The van der Waals surface area contributed by atoms with E-state index in [2.05, 4.69) is 10.6 Å². The van der Waals surface area contributed by atoms with E-state index in [-0.39, 0.29) is 11.8 Å². The second-order valence-corrected chi connectivity index (χ2v) is 8.06. The first-order valence-corrected chi connectivity index (χ1v) is 8.91. The molecule has 4 heteroatoms. The van der Waals surface area contributed by atoms with Crippen molar-refractivity contribution in [2.24, 2.45) is 23.2 Å². The van der Waals surface area contributed by atoms with Gasteiger partial charge in [-0.2, -0.15) is 0 Å². The van der Waals surface area contributed by atoms with E-state index in [1.165, 1.54) is 50.7 Å². The second kappa shape index (κ2) is 5.81. The van der Waals surface area contributed by atoms with Crippen LogP contribution < -0.4 is 10.6 Å². The highest BCUT2D eigenvalue weighted by Gasteiger charge is 2.50. The number of carbonyl (C=O) groups excluding carboxylic acids is 1. The third kappa shape index (κ3) is 3.22. The highest BCUT2D eigenvalue weighted by Crippen LogP contribution is 2.61. The fourth-order valence-corrected chi connectivity index (χ4v) is 5.75. The van der Waals surface area contributed by atoms with Crippen LogP contribution in [0.25, 0.3) is 0 Å². The Bertz CT molecular complexity index is 548. The number of amides is 2. The third-order valence-electron chi connectivity index (χ3n) is 6.21. The van der Waals surface area contributed by atoms with Gasteiger partial charge in [-0.05, 0) is 92.4 Å². The van der Waals surface area contributed by atoms with Crippen molar-refractivity contribution in [3.63, 3.8) is 0 Å². The van der Waals surface area contributed by atoms with Gasteiger partial charge in [-0.1, -0.05) is 0 Å². The summed E-state index contributed by atoms with van der Waals surface area (Å²) in [6.07, 6.45) is 9.60. The molecule has 4 bridgehead atoms. The van der Waals surface area contributed by atoms with Crippen LogP contribution in [0.1, 0.15) is 44.9 Å². The van der Waals surface area contributed by atoms with Crippen molar-refractivity contribution in [1.82, 2.24) is 5.32 Å². The number of anilines is 1. The summed E-state index contributed by atoms with van der Waals surface area (Å²) in [5.74, 6) is 2.57. The Kier molecular flexibility index (Phi) is 3.78. The zero-order valence-corrected chi connectivity index (χ0v) is 13.5. The van der Waals surface area contributed by atoms with Gasteiger partial charge >= 0.3 is 6.03 Å². The van der Waals surface area contributed by atoms with E-state index >= 15 is 0 Å². The maximum atomic E-state index is 12.9. The van der Waals surface area contributed by atoms with E-state index < -0.39 is 0 Å². The van der Waals surface area contributed by atoms with Gasteiger partial charge < -0.3 is 10.6 Å². The standard InChI is InChI=1S/C19H25FN2O/c20-16-1-3-17(4-2-16)22-18(23)21-6-5-19-10-13-7-14(11-19)9-15(8-13)12-19/h1-4,13-15H,5-12H2,(H2,21,22,23). The highest BCUT2D eigenvalue weighted by atomic mass is 19.1. The molecule has 4 saturated carbocycles. The lowest BCUT2D eigenvalue weighted by atomic mass is 9.49. The van der Waals surface area contributed by atoms with E-state index in [1.807, 2.05) is 0 Å². The SMILES string of the molecule is O=C(NCCC12CC3CC(CC(C3)C1)C2)Nc1ccc(F)cc1. The minimum absolute atomic E-state index is 0.193. The molecule has 1 aromatic carbocycles. The number of rotatable bonds is 4. The van der Waals surface area contributed by atoms with E-state index in [1.54, 1.807) is 12.1 Å². The van der Waals surface area contributed by atoms with Crippen molar-refractivity contribution >= 4 is 11.7 Å². The van der Waals surface area contributed by atoms with Gasteiger partial charge in [0.1, 0.15) is 5.82 Å². The van der Waals surface area contributed by atoms with Crippen LogP contribution in [0, 0.1) is 29.0 Å². The molecular formula is C19H25FN2O. The summed E-state index contributed by atoms with van der Waals surface area (Å²) in [7, 11) is 0. The molecule has 0 aliphatic heterocycles. The van der Waals surface area contributed by atoms with E-state index in [4.69, 9.17) is 0 Å². The maximum Gasteiger partial charge on any atom is 0.319 e. The van der Waals surface area contributed by atoms with Crippen molar-refractivity contribution in [1.29, 1.82) is 0 Å². The number of carbonyl (C=O) groups is 1. The molecular weight excluding hydrogens is 291 g/mol. The molecule has 0 atom stereocenters. The average Bonchev–Trinajstić information content (AvgIpc) is 2.48. The Labute approximate surface area is 137 Å². The molecule has 0 spiro atoms.